The molecule has 0 spiro atoms. The van der Waals surface area contributed by atoms with E-state index in [1.807, 2.05) is 13.8 Å². The first kappa shape index (κ1) is 21.6. The second-order valence-electron chi connectivity index (χ2n) is 5.27. The Morgan fingerprint density at radius 3 is 2.66 bits per heavy atom. The monoisotopic (exact) mass is 399 g/mol. The van der Waals surface area contributed by atoms with Crippen molar-refractivity contribution in [3.63, 3.8) is 0 Å². The number of para-hydroxylation sites is 1. The minimum atomic E-state index is -3.02. The molecule has 5 nitrogen and oxygen atoms in total. The van der Waals surface area contributed by atoms with Gasteiger partial charge in [0.05, 0.1) is 10.9 Å². The molecule has 1 aromatic heterocycles. The lowest BCUT2D eigenvalue weighted by molar-refractivity contribution is -0.0513. The predicted molar refractivity (Wildman–Crippen MR) is 108 cm³/mol. The van der Waals surface area contributed by atoms with Gasteiger partial charge in [-0.15, -0.1) is 6.42 Å². The van der Waals surface area contributed by atoms with Gasteiger partial charge >= 0.3 is 12.2 Å². The van der Waals surface area contributed by atoms with Crippen molar-refractivity contribution < 1.29 is 22.7 Å². The van der Waals surface area contributed by atoms with Crippen LogP contribution in [0.2, 0.25) is 0 Å². The van der Waals surface area contributed by atoms with Crippen LogP contribution in [0.5, 0.6) is 11.5 Å². The highest BCUT2D eigenvalue weighted by atomic mass is 19.3. The Balaban J connectivity index is 0.00000145. The summed E-state index contributed by atoms with van der Waals surface area (Å²) < 4.78 is 40.0. The van der Waals surface area contributed by atoms with E-state index in [0.717, 1.165) is 0 Å². The van der Waals surface area contributed by atoms with E-state index in [1.165, 1.54) is 18.2 Å². The predicted octanol–water partition coefficient (Wildman–Crippen LogP) is 5.00. The van der Waals surface area contributed by atoms with Crippen LogP contribution in [-0.2, 0) is 0 Å². The molecule has 0 fully saturated rings. The second kappa shape index (κ2) is 10.6. The molecule has 150 valence electrons. The van der Waals surface area contributed by atoms with Crippen LogP contribution in [0.1, 0.15) is 25.3 Å². The van der Waals surface area contributed by atoms with Crippen molar-refractivity contribution in [3.8, 4) is 23.8 Å². The van der Waals surface area contributed by atoms with E-state index >= 15 is 0 Å². The summed E-state index contributed by atoms with van der Waals surface area (Å²) in [5, 5.41) is 0.372. The second-order valence-corrected chi connectivity index (χ2v) is 5.27. The van der Waals surface area contributed by atoms with Gasteiger partial charge in [-0.05, 0) is 35.9 Å². The Hall–Kier alpha value is -3.66. The summed E-state index contributed by atoms with van der Waals surface area (Å²) in [6.45, 7) is 0.901. The Morgan fingerprint density at radius 1 is 1.17 bits per heavy atom. The van der Waals surface area contributed by atoms with E-state index < -0.39 is 12.2 Å². The zero-order chi connectivity index (χ0) is 21.2. The molecule has 0 bridgehead atoms. The number of ether oxygens (including phenoxy) is 2. The Kier molecular flexibility index (Phi) is 7.92. The molecule has 0 unspecified atom stereocenters. The van der Waals surface area contributed by atoms with Crippen molar-refractivity contribution in [1.29, 1.82) is 0 Å². The van der Waals surface area contributed by atoms with Gasteiger partial charge < -0.3 is 13.9 Å². The molecule has 0 aliphatic rings. The van der Waals surface area contributed by atoms with E-state index in [0.29, 0.717) is 16.5 Å². The minimum absolute atomic E-state index is 0.0824. The van der Waals surface area contributed by atoms with E-state index in [4.69, 9.17) is 15.6 Å². The summed E-state index contributed by atoms with van der Waals surface area (Å²) in [7, 11) is 0. The van der Waals surface area contributed by atoms with E-state index in [9.17, 15) is 13.6 Å². The van der Waals surface area contributed by atoms with E-state index in [2.05, 4.69) is 15.6 Å². The van der Waals surface area contributed by atoms with Crippen molar-refractivity contribution >= 4 is 23.1 Å². The first-order valence-electron chi connectivity index (χ1n) is 8.80. The molecule has 7 heteroatoms. The van der Waals surface area contributed by atoms with Crippen LogP contribution in [-0.4, -0.2) is 18.2 Å². The molecule has 3 aromatic rings. The Bertz CT molecular complexity index is 1080. The Morgan fingerprint density at radius 2 is 1.93 bits per heavy atom. The number of benzene rings is 2. The topological polar surface area (TPSA) is 61.6 Å². The lowest BCUT2D eigenvalue weighted by atomic mass is 10.2. The van der Waals surface area contributed by atoms with Gasteiger partial charge in [0.15, 0.2) is 11.5 Å². The van der Waals surface area contributed by atoms with Gasteiger partial charge in [0.25, 0.3) is 0 Å². The van der Waals surface area contributed by atoms with Crippen LogP contribution >= 0.6 is 0 Å². The fourth-order valence-corrected chi connectivity index (χ4v) is 2.33. The SMILES string of the molecule is C#CCOc1ccc(/C=C/c2nc3ccccc3c(=O)o2)cc1OC(F)F.CC. The molecule has 0 radical (unpaired) electrons. The zero-order valence-electron chi connectivity index (χ0n) is 15.9. The van der Waals surface area contributed by atoms with Crippen molar-refractivity contribution in [2.24, 2.45) is 0 Å². The summed E-state index contributed by atoms with van der Waals surface area (Å²) in [5.41, 5.74) is 0.490. The van der Waals surface area contributed by atoms with Crippen LogP contribution < -0.4 is 15.1 Å². The van der Waals surface area contributed by atoms with E-state index in [1.54, 1.807) is 36.4 Å². The molecule has 0 aliphatic heterocycles. The summed E-state index contributed by atoms with van der Waals surface area (Å²) in [6, 6.07) is 11.2. The molecule has 0 atom stereocenters. The smallest absolute Gasteiger partial charge is 0.387 e. The molecule has 0 N–H and O–H groups in total. The van der Waals surface area contributed by atoms with Crippen LogP contribution in [0.25, 0.3) is 23.1 Å². The maximum atomic E-state index is 12.6. The van der Waals surface area contributed by atoms with Gasteiger partial charge in [0.2, 0.25) is 5.89 Å². The zero-order valence-corrected chi connectivity index (χ0v) is 15.9. The Labute approximate surface area is 166 Å². The van der Waals surface area contributed by atoms with Crippen LogP contribution in [0.15, 0.2) is 51.7 Å². The van der Waals surface area contributed by atoms with Gasteiger partial charge in [0.1, 0.15) is 6.61 Å². The molecule has 2 aromatic carbocycles. The average Bonchev–Trinajstić information content (AvgIpc) is 2.73. The third-order valence-corrected chi connectivity index (χ3v) is 3.47. The average molecular weight is 399 g/mol. The highest BCUT2D eigenvalue weighted by Gasteiger charge is 2.11. The molecule has 3 rings (SSSR count). The number of hydrogen-bond donors (Lipinski definition) is 0. The number of halogens is 2. The van der Waals surface area contributed by atoms with Gasteiger partial charge in [-0.25, -0.2) is 9.78 Å². The number of rotatable bonds is 6. The number of hydrogen-bond acceptors (Lipinski definition) is 5. The molecular weight excluding hydrogens is 380 g/mol. The first-order chi connectivity index (χ1) is 14.1. The van der Waals surface area contributed by atoms with Gasteiger partial charge in [-0.1, -0.05) is 38.0 Å². The summed E-state index contributed by atoms with van der Waals surface area (Å²) in [5.74, 6) is 2.27. The third-order valence-electron chi connectivity index (χ3n) is 3.47. The summed E-state index contributed by atoms with van der Waals surface area (Å²) in [4.78, 5) is 16.2. The molecule has 0 saturated heterocycles. The normalized spacial score (nSPS) is 10.5. The van der Waals surface area contributed by atoms with Crippen molar-refractivity contribution in [2.75, 3.05) is 6.61 Å². The number of nitrogens with zero attached hydrogens (tertiary/aromatic N) is 1. The van der Waals surface area contributed by atoms with Gasteiger partial charge in [-0.3, -0.25) is 0 Å². The first-order valence-corrected chi connectivity index (χ1v) is 8.80. The van der Waals surface area contributed by atoms with Crippen molar-refractivity contribution in [3.05, 3.63) is 64.3 Å². The quantitative estimate of drug-likeness (QED) is 0.546. The maximum absolute atomic E-state index is 12.6. The standard InChI is InChI=1S/C20H13F2NO4.C2H6/c1-2-11-25-16-9-7-13(12-17(16)26-20(21)22)8-10-18-23-15-6-4-3-5-14(15)19(24)27-18;1-2/h1,3-10,12,20H,11H2;1-2H3/b10-8+;. The van der Waals surface area contributed by atoms with E-state index in [-0.39, 0.29) is 24.0 Å². The number of terminal acetylenes is 1. The maximum Gasteiger partial charge on any atom is 0.387 e. The summed E-state index contributed by atoms with van der Waals surface area (Å²) >= 11 is 0. The van der Waals surface area contributed by atoms with Crippen LogP contribution in [0.3, 0.4) is 0 Å². The largest absolute Gasteiger partial charge is 0.477 e. The lowest BCUT2D eigenvalue weighted by Crippen LogP contribution is -2.05. The van der Waals surface area contributed by atoms with Crippen molar-refractivity contribution in [2.45, 2.75) is 20.5 Å². The molecule has 0 amide bonds. The molecular formula is C22H19F2NO4. The molecule has 1 heterocycles. The van der Waals surface area contributed by atoms with Crippen LogP contribution in [0, 0.1) is 12.3 Å². The highest BCUT2D eigenvalue weighted by molar-refractivity contribution is 5.78. The number of fused-ring (bicyclic) bond motifs is 1. The molecule has 29 heavy (non-hydrogen) atoms. The minimum Gasteiger partial charge on any atom is -0.477 e. The highest BCUT2D eigenvalue weighted by Crippen LogP contribution is 2.30. The summed E-state index contributed by atoms with van der Waals surface area (Å²) in [6.07, 6.45) is 8.10. The molecule has 0 saturated carbocycles. The number of alkyl halides is 2. The number of aromatic nitrogens is 1. The third kappa shape index (κ3) is 5.91. The van der Waals surface area contributed by atoms with Gasteiger partial charge in [0, 0.05) is 6.08 Å². The molecule has 0 aliphatic carbocycles. The van der Waals surface area contributed by atoms with Crippen LogP contribution in [0.4, 0.5) is 8.78 Å². The van der Waals surface area contributed by atoms with Crippen molar-refractivity contribution in [1.82, 2.24) is 4.98 Å². The lowest BCUT2D eigenvalue weighted by Gasteiger charge is -2.11. The van der Waals surface area contributed by atoms with Gasteiger partial charge in [-0.2, -0.15) is 8.78 Å². The fraction of sp³-hybridized carbons (Fsp3) is 0.182. The fourth-order valence-electron chi connectivity index (χ4n) is 2.33.